The highest BCUT2D eigenvalue weighted by atomic mass is 16.7. The first-order valence-electron chi connectivity index (χ1n) is 30.9. The molecule has 0 radical (unpaired) electrons. The van der Waals surface area contributed by atoms with Gasteiger partial charge in [-0.05, 0) is 83.5 Å². The quantitative estimate of drug-likeness (QED) is 0.0195. The molecule has 0 bridgehead atoms. The Labute approximate surface area is 453 Å². The summed E-state index contributed by atoms with van der Waals surface area (Å²) >= 11 is 0. The maximum atomic E-state index is 13.4. The van der Waals surface area contributed by atoms with Crippen molar-refractivity contribution in [1.29, 1.82) is 0 Å². The fourth-order valence-electron chi connectivity index (χ4n) is 9.50. The second kappa shape index (κ2) is 51.4. The van der Waals surface area contributed by atoms with E-state index in [0.29, 0.717) is 12.8 Å². The first-order valence-corrected chi connectivity index (χ1v) is 30.9. The third kappa shape index (κ3) is 39.1. The number of unbranched alkanes of at least 4 members (excludes halogenated alkanes) is 32. The maximum absolute atomic E-state index is 13.4. The molecule has 8 atom stereocenters. The molecule has 0 aliphatic carbocycles. The third-order valence-corrected chi connectivity index (χ3v) is 14.5. The van der Waals surface area contributed by atoms with Crippen LogP contribution in [-0.2, 0) is 23.8 Å². The first kappa shape index (κ1) is 69.6. The fraction of sp³-hybridized carbons (Fsp3) is 0.841. The van der Waals surface area contributed by atoms with Crippen molar-refractivity contribution >= 4 is 11.9 Å². The lowest BCUT2D eigenvalue weighted by molar-refractivity contribution is -0.305. The molecule has 1 fully saturated rings. The second-order valence-corrected chi connectivity index (χ2v) is 21.4. The molecule has 1 aliphatic rings. The van der Waals surface area contributed by atoms with E-state index in [9.17, 15) is 35.1 Å². The number of hydrogen-bond donors (Lipinski definition) is 6. The number of aliphatic hydroxyl groups excluding tert-OH is 5. The van der Waals surface area contributed by atoms with Gasteiger partial charge in [0.1, 0.15) is 24.4 Å². The first-order chi connectivity index (χ1) is 36.2. The highest BCUT2D eigenvalue weighted by Gasteiger charge is 2.47. The van der Waals surface area contributed by atoms with Gasteiger partial charge in [-0.15, -0.1) is 0 Å². The van der Waals surface area contributed by atoms with Crippen LogP contribution in [0.25, 0.3) is 0 Å². The Balaban J connectivity index is 2.70. The standard InChI is InChI=1S/C63H115NO10/c1-4-7-10-13-16-19-22-25-27-29-31-33-36-39-42-45-48-51-58(68)74-61-60(70)59(69)57(52-65)73-63(61)72-53-54(55(66)49-46-43-40-37-34-24-21-18-15-12-9-6-3)64-62(71)56(67)50-47-44-41-38-35-32-30-28-26-23-20-17-14-11-8-5-2/h17,20,25-28,46,49,54-57,59-61,63,65-67,69-70H,4-16,18-19,21-24,29-45,47-48,50-53H2,1-3H3,(H,64,71)/b20-17-,27-25+,28-26-,49-46+. The molecule has 11 heteroatoms. The predicted molar refractivity (Wildman–Crippen MR) is 306 cm³/mol. The molecule has 432 valence electrons. The molecule has 8 unspecified atom stereocenters. The van der Waals surface area contributed by atoms with Crippen molar-refractivity contribution in [1.82, 2.24) is 5.32 Å². The van der Waals surface area contributed by atoms with E-state index in [-0.39, 0.29) is 19.4 Å². The monoisotopic (exact) mass is 1050 g/mol. The Bertz CT molecular complexity index is 1390. The molecule has 1 aliphatic heterocycles. The zero-order chi connectivity index (χ0) is 54.0. The topological polar surface area (TPSA) is 175 Å². The summed E-state index contributed by atoms with van der Waals surface area (Å²) in [5.74, 6) is -1.20. The minimum Gasteiger partial charge on any atom is -0.454 e. The van der Waals surface area contributed by atoms with Gasteiger partial charge in [-0.1, -0.05) is 236 Å². The molecule has 6 N–H and O–H groups in total. The van der Waals surface area contributed by atoms with Crippen molar-refractivity contribution in [3.63, 3.8) is 0 Å². The molecule has 0 spiro atoms. The van der Waals surface area contributed by atoms with Crippen LogP contribution in [-0.4, -0.2) is 99.6 Å². The van der Waals surface area contributed by atoms with Gasteiger partial charge in [-0.2, -0.15) is 0 Å². The summed E-state index contributed by atoms with van der Waals surface area (Å²) < 4.78 is 17.6. The average molecular weight is 1050 g/mol. The normalized spacial score (nSPS) is 19.6. The zero-order valence-electron chi connectivity index (χ0n) is 47.7. The molecule has 1 saturated heterocycles. The van der Waals surface area contributed by atoms with Crippen LogP contribution in [0.1, 0.15) is 278 Å². The summed E-state index contributed by atoms with van der Waals surface area (Å²) in [6.07, 6.45) is 51.4. The van der Waals surface area contributed by atoms with E-state index in [1.54, 1.807) is 6.08 Å². The Morgan fingerprint density at radius 3 is 1.42 bits per heavy atom. The van der Waals surface area contributed by atoms with Gasteiger partial charge in [0.25, 0.3) is 0 Å². The van der Waals surface area contributed by atoms with Gasteiger partial charge in [0, 0.05) is 6.42 Å². The lowest BCUT2D eigenvalue weighted by Gasteiger charge is -2.41. The van der Waals surface area contributed by atoms with Crippen LogP contribution < -0.4 is 5.32 Å². The van der Waals surface area contributed by atoms with E-state index in [1.807, 2.05) is 6.08 Å². The minimum atomic E-state index is -1.62. The van der Waals surface area contributed by atoms with Crippen molar-refractivity contribution in [2.45, 2.75) is 327 Å². The van der Waals surface area contributed by atoms with E-state index in [0.717, 1.165) is 96.3 Å². The predicted octanol–water partition coefficient (Wildman–Crippen LogP) is 14.4. The number of carbonyl (C=O) groups excluding carboxylic acids is 2. The number of aliphatic hydroxyl groups is 5. The summed E-state index contributed by atoms with van der Waals surface area (Å²) in [7, 11) is 0. The van der Waals surface area contributed by atoms with Crippen molar-refractivity contribution < 1.29 is 49.3 Å². The number of allylic oxidation sites excluding steroid dienone is 7. The highest BCUT2D eigenvalue weighted by Crippen LogP contribution is 2.26. The van der Waals surface area contributed by atoms with E-state index in [2.05, 4.69) is 62.5 Å². The summed E-state index contributed by atoms with van der Waals surface area (Å²) in [5, 5.41) is 56.9. The number of ether oxygens (including phenoxy) is 3. The van der Waals surface area contributed by atoms with E-state index in [4.69, 9.17) is 14.2 Å². The second-order valence-electron chi connectivity index (χ2n) is 21.4. The van der Waals surface area contributed by atoms with Crippen LogP contribution in [0.3, 0.4) is 0 Å². The fourth-order valence-corrected chi connectivity index (χ4v) is 9.50. The SMILES string of the molecule is CCCCC/C=C\C/C=C\CCCCCCCCC(O)C(=O)NC(COC1OC(CO)C(O)C(O)C1OC(=O)CCCCCCCCC/C=C/CCCCCCCC)C(O)/C=C/CCCCCCCCCCCC. The molecule has 0 saturated carbocycles. The molecule has 0 aromatic heterocycles. The molecule has 1 heterocycles. The van der Waals surface area contributed by atoms with Crippen molar-refractivity contribution in [2.24, 2.45) is 0 Å². The van der Waals surface area contributed by atoms with Gasteiger partial charge in [-0.3, -0.25) is 9.59 Å². The molecule has 0 aromatic rings. The van der Waals surface area contributed by atoms with Crippen LogP contribution in [0.15, 0.2) is 48.6 Å². The van der Waals surface area contributed by atoms with Gasteiger partial charge in [-0.25, -0.2) is 0 Å². The largest absolute Gasteiger partial charge is 0.454 e. The highest BCUT2D eigenvalue weighted by molar-refractivity contribution is 5.80. The Hall–Kier alpha value is -2.38. The van der Waals surface area contributed by atoms with Gasteiger partial charge in [0.2, 0.25) is 5.91 Å². The van der Waals surface area contributed by atoms with Crippen LogP contribution in [0.4, 0.5) is 0 Å². The number of hydrogen-bond acceptors (Lipinski definition) is 10. The summed E-state index contributed by atoms with van der Waals surface area (Å²) in [4.78, 5) is 26.5. The Morgan fingerprint density at radius 2 is 0.932 bits per heavy atom. The number of nitrogens with one attached hydrogen (secondary N) is 1. The number of amides is 1. The maximum Gasteiger partial charge on any atom is 0.306 e. The number of esters is 1. The Morgan fingerprint density at radius 1 is 0.527 bits per heavy atom. The molecule has 0 aromatic carbocycles. The third-order valence-electron chi connectivity index (χ3n) is 14.5. The van der Waals surface area contributed by atoms with Gasteiger partial charge in [0.15, 0.2) is 12.4 Å². The number of carbonyl (C=O) groups is 2. The van der Waals surface area contributed by atoms with Crippen LogP contribution in [0.2, 0.25) is 0 Å². The van der Waals surface area contributed by atoms with Crippen LogP contribution >= 0.6 is 0 Å². The molecule has 11 nitrogen and oxygen atoms in total. The van der Waals surface area contributed by atoms with Gasteiger partial charge >= 0.3 is 5.97 Å². The van der Waals surface area contributed by atoms with Crippen LogP contribution in [0.5, 0.6) is 0 Å². The lowest BCUT2D eigenvalue weighted by Crippen LogP contribution is -2.61. The van der Waals surface area contributed by atoms with E-state index >= 15 is 0 Å². The molecule has 1 rings (SSSR count). The van der Waals surface area contributed by atoms with Gasteiger partial charge in [0.05, 0.1) is 25.4 Å². The van der Waals surface area contributed by atoms with Crippen LogP contribution in [0, 0.1) is 0 Å². The minimum absolute atomic E-state index is 0.118. The summed E-state index contributed by atoms with van der Waals surface area (Å²) in [6.45, 7) is 5.76. The average Bonchev–Trinajstić information content (AvgIpc) is 3.40. The van der Waals surface area contributed by atoms with Crippen molar-refractivity contribution in [3.8, 4) is 0 Å². The van der Waals surface area contributed by atoms with E-state index in [1.165, 1.54) is 135 Å². The van der Waals surface area contributed by atoms with Gasteiger partial charge < -0.3 is 45.1 Å². The van der Waals surface area contributed by atoms with Crippen molar-refractivity contribution in [3.05, 3.63) is 48.6 Å². The molecular formula is C63H115NO10. The number of rotatable bonds is 52. The molecular weight excluding hydrogens is 931 g/mol. The summed E-state index contributed by atoms with van der Waals surface area (Å²) in [5.41, 5.74) is 0. The Kier molecular flexibility index (Phi) is 48.3. The van der Waals surface area contributed by atoms with E-state index < -0.39 is 67.4 Å². The van der Waals surface area contributed by atoms with Crippen molar-refractivity contribution in [2.75, 3.05) is 13.2 Å². The molecule has 1 amide bonds. The zero-order valence-corrected chi connectivity index (χ0v) is 47.7. The smallest absolute Gasteiger partial charge is 0.306 e. The lowest BCUT2D eigenvalue weighted by atomic mass is 9.99. The molecule has 74 heavy (non-hydrogen) atoms. The summed E-state index contributed by atoms with van der Waals surface area (Å²) in [6, 6.07) is -1.03.